The summed E-state index contributed by atoms with van der Waals surface area (Å²) in [6.07, 6.45) is 0. The molecule has 26 heavy (non-hydrogen) atoms. The molecule has 2 heterocycles. The van der Waals surface area contributed by atoms with Gasteiger partial charge in [0.15, 0.2) is 0 Å². The minimum atomic E-state index is 0.686. The Morgan fingerprint density at radius 3 is 2.27 bits per heavy atom. The molecule has 0 spiro atoms. The average molecular weight is 356 g/mol. The number of nitrogens with zero attached hydrogens (tertiary/aromatic N) is 2. The van der Waals surface area contributed by atoms with Gasteiger partial charge in [0.05, 0.1) is 22.2 Å². The van der Waals surface area contributed by atoms with E-state index < -0.39 is 0 Å². The van der Waals surface area contributed by atoms with Gasteiger partial charge in [-0.05, 0) is 30.3 Å². The lowest BCUT2D eigenvalue weighted by molar-refractivity contribution is 1.32. The zero-order valence-electron chi connectivity index (χ0n) is 13.8. The molecule has 0 fully saturated rings. The largest absolute Gasteiger partial charge is 0.338 e. The van der Waals surface area contributed by atoms with Crippen LogP contribution in [-0.2, 0) is 0 Å². The SMILES string of the molecule is Clc1ccccc1-c1cc(-c2nc3ccccc3[nH]2)c2ccccc2n1. The smallest absolute Gasteiger partial charge is 0.139 e. The first-order valence-corrected chi connectivity index (χ1v) is 8.77. The highest BCUT2D eigenvalue weighted by Crippen LogP contribution is 2.34. The van der Waals surface area contributed by atoms with Gasteiger partial charge >= 0.3 is 0 Å². The zero-order chi connectivity index (χ0) is 17.5. The topological polar surface area (TPSA) is 41.6 Å². The van der Waals surface area contributed by atoms with E-state index in [0.29, 0.717) is 5.02 Å². The van der Waals surface area contributed by atoms with Gasteiger partial charge in [-0.1, -0.05) is 60.1 Å². The number of halogens is 1. The second kappa shape index (κ2) is 5.97. The van der Waals surface area contributed by atoms with Crippen molar-refractivity contribution >= 4 is 33.5 Å². The Morgan fingerprint density at radius 1 is 0.692 bits per heavy atom. The number of benzene rings is 3. The number of imidazole rings is 1. The lowest BCUT2D eigenvalue weighted by Gasteiger charge is -2.09. The first kappa shape index (κ1) is 15.1. The molecule has 0 amide bonds. The Bertz CT molecular complexity index is 1220. The minimum Gasteiger partial charge on any atom is -0.338 e. The predicted molar refractivity (Wildman–Crippen MR) is 107 cm³/mol. The maximum atomic E-state index is 6.41. The molecule has 5 aromatic rings. The molecule has 0 aliphatic heterocycles. The Morgan fingerprint density at radius 2 is 1.42 bits per heavy atom. The fourth-order valence-corrected chi connectivity index (χ4v) is 3.49. The number of aromatic nitrogens is 3. The van der Waals surface area contributed by atoms with Crippen molar-refractivity contribution in [2.75, 3.05) is 0 Å². The molecule has 4 heteroatoms. The van der Waals surface area contributed by atoms with Crippen LogP contribution in [0, 0.1) is 0 Å². The molecule has 0 saturated heterocycles. The van der Waals surface area contributed by atoms with Crippen molar-refractivity contribution in [3.63, 3.8) is 0 Å². The van der Waals surface area contributed by atoms with E-state index in [1.54, 1.807) is 0 Å². The summed E-state index contributed by atoms with van der Waals surface area (Å²) in [4.78, 5) is 13.0. The Kier molecular flexibility index (Phi) is 3.47. The van der Waals surface area contributed by atoms with Gasteiger partial charge < -0.3 is 4.98 Å². The van der Waals surface area contributed by atoms with Gasteiger partial charge in [0.2, 0.25) is 0 Å². The molecule has 0 saturated carbocycles. The molecular formula is C22H14ClN3. The number of hydrogen-bond acceptors (Lipinski definition) is 2. The molecule has 0 aliphatic rings. The molecular weight excluding hydrogens is 342 g/mol. The van der Waals surface area contributed by atoms with Crippen LogP contribution < -0.4 is 0 Å². The highest BCUT2D eigenvalue weighted by Gasteiger charge is 2.13. The Balaban J connectivity index is 1.82. The van der Waals surface area contributed by atoms with Crippen molar-refractivity contribution in [1.29, 1.82) is 0 Å². The van der Waals surface area contributed by atoms with Crippen molar-refractivity contribution in [1.82, 2.24) is 15.0 Å². The molecule has 0 radical (unpaired) electrons. The fraction of sp³-hybridized carbons (Fsp3) is 0. The molecule has 3 nitrogen and oxygen atoms in total. The maximum Gasteiger partial charge on any atom is 0.139 e. The van der Waals surface area contributed by atoms with Crippen molar-refractivity contribution in [2.24, 2.45) is 0 Å². The van der Waals surface area contributed by atoms with Gasteiger partial charge in [-0.25, -0.2) is 9.97 Å². The summed E-state index contributed by atoms with van der Waals surface area (Å²) in [6.45, 7) is 0. The van der Waals surface area contributed by atoms with Gasteiger partial charge in [0, 0.05) is 21.5 Å². The van der Waals surface area contributed by atoms with Gasteiger partial charge in [-0.15, -0.1) is 0 Å². The number of nitrogens with one attached hydrogen (secondary N) is 1. The Labute approximate surface area is 155 Å². The second-order valence-electron chi connectivity index (χ2n) is 6.15. The van der Waals surface area contributed by atoms with Crippen LogP contribution in [0.5, 0.6) is 0 Å². The highest BCUT2D eigenvalue weighted by molar-refractivity contribution is 6.33. The van der Waals surface area contributed by atoms with Crippen LogP contribution in [0.3, 0.4) is 0 Å². The summed E-state index contributed by atoms with van der Waals surface area (Å²) in [6, 6.07) is 26.0. The van der Waals surface area contributed by atoms with E-state index in [0.717, 1.165) is 44.6 Å². The van der Waals surface area contributed by atoms with Gasteiger partial charge in [0.1, 0.15) is 5.82 Å². The van der Waals surface area contributed by atoms with Crippen LogP contribution in [-0.4, -0.2) is 15.0 Å². The predicted octanol–water partition coefficient (Wildman–Crippen LogP) is 6.10. The van der Waals surface area contributed by atoms with Crippen LogP contribution >= 0.6 is 11.6 Å². The van der Waals surface area contributed by atoms with E-state index >= 15 is 0 Å². The normalized spacial score (nSPS) is 11.3. The van der Waals surface area contributed by atoms with Crippen molar-refractivity contribution in [3.8, 4) is 22.6 Å². The molecule has 5 rings (SSSR count). The monoisotopic (exact) mass is 355 g/mol. The molecule has 124 valence electrons. The zero-order valence-corrected chi connectivity index (χ0v) is 14.5. The summed E-state index contributed by atoms with van der Waals surface area (Å²) in [5.41, 5.74) is 5.65. The second-order valence-corrected chi connectivity index (χ2v) is 6.56. The van der Waals surface area contributed by atoms with Crippen LogP contribution in [0.1, 0.15) is 0 Å². The number of hydrogen-bond donors (Lipinski definition) is 1. The average Bonchev–Trinajstić information content (AvgIpc) is 3.11. The van der Waals surface area contributed by atoms with E-state index in [1.165, 1.54) is 0 Å². The van der Waals surface area contributed by atoms with Crippen LogP contribution in [0.25, 0.3) is 44.6 Å². The molecule has 1 N–H and O–H groups in total. The lowest BCUT2D eigenvalue weighted by atomic mass is 10.0. The van der Waals surface area contributed by atoms with E-state index in [2.05, 4.69) is 17.1 Å². The molecule has 0 aliphatic carbocycles. The molecule has 0 bridgehead atoms. The number of H-pyrrole nitrogens is 1. The molecule has 0 atom stereocenters. The standard InChI is InChI=1S/C22H14ClN3/c23-17-9-3-1-8-15(17)21-13-16(14-7-2-4-10-18(14)24-21)22-25-19-11-5-6-12-20(19)26-22/h1-13H,(H,25,26). The molecule has 0 unspecified atom stereocenters. The quantitative estimate of drug-likeness (QED) is 0.415. The summed E-state index contributed by atoms with van der Waals surface area (Å²) in [7, 11) is 0. The fourth-order valence-electron chi connectivity index (χ4n) is 3.26. The third-order valence-electron chi connectivity index (χ3n) is 4.51. The van der Waals surface area contributed by atoms with Crippen molar-refractivity contribution in [2.45, 2.75) is 0 Å². The maximum absolute atomic E-state index is 6.41. The van der Waals surface area contributed by atoms with Crippen molar-refractivity contribution in [3.05, 3.63) is 83.9 Å². The van der Waals surface area contributed by atoms with Crippen molar-refractivity contribution < 1.29 is 0 Å². The van der Waals surface area contributed by atoms with Crippen LogP contribution in [0.15, 0.2) is 78.9 Å². The highest BCUT2D eigenvalue weighted by atomic mass is 35.5. The Hall–Kier alpha value is -3.17. The van der Waals surface area contributed by atoms with E-state index in [4.69, 9.17) is 21.6 Å². The van der Waals surface area contributed by atoms with Gasteiger partial charge in [-0.3, -0.25) is 0 Å². The number of rotatable bonds is 2. The number of aromatic amines is 1. The first-order chi connectivity index (χ1) is 12.8. The molecule has 2 aromatic heterocycles. The van der Waals surface area contributed by atoms with E-state index in [1.807, 2.05) is 66.7 Å². The lowest BCUT2D eigenvalue weighted by Crippen LogP contribution is -1.91. The summed E-state index contributed by atoms with van der Waals surface area (Å²) >= 11 is 6.41. The molecule has 3 aromatic carbocycles. The third kappa shape index (κ3) is 2.45. The number of para-hydroxylation sites is 3. The number of pyridine rings is 1. The van der Waals surface area contributed by atoms with Gasteiger partial charge in [-0.2, -0.15) is 0 Å². The minimum absolute atomic E-state index is 0.686. The first-order valence-electron chi connectivity index (χ1n) is 8.39. The van der Waals surface area contributed by atoms with E-state index in [-0.39, 0.29) is 0 Å². The summed E-state index contributed by atoms with van der Waals surface area (Å²) < 4.78 is 0. The van der Waals surface area contributed by atoms with E-state index in [9.17, 15) is 0 Å². The third-order valence-corrected chi connectivity index (χ3v) is 4.84. The van der Waals surface area contributed by atoms with Gasteiger partial charge in [0.25, 0.3) is 0 Å². The van der Waals surface area contributed by atoms with Crippen LogP contribution in [0.2, 0.25) is 5.02 Å². The summed E-state index contributed by atoms with van der Waals surface area (Å²) in [5.74, 6) is 0.832. The number of fused-ring (bicyclic) bond motifs is 2. The summed E-state index contributed by atoms with van der Waals surface area (Å²) in [5, 5.41) is 1.74. The van der Waals surface area contributed by atoms with Crippen LogP contribution in [0.4, 0.5) is 0 Å².